The predicted molar refractivity (Wildman–Crippen MR) is 127 cm³/mol. The first kappa shape index (κ1) is 22.8. The first-order valence-corrected chi connectivity index (χ1v) is 10.9. The number of ether oxygens (including phenoxy) is 1. The largest absolute Gasteiger partial charge is 0.488 e. The number of carbonyl (C=O) groups is 2. The van der Waals surface area contributed by atoms with Gasteiger partial charge in [-0.3, -0.25) is 14.9 Å². The summed E-state index contributed by atoms with van der Waals surface area (Å²) < 4.78 is 34.7. The van der Waals surface area contributed by atoms with Crippen LogP contribution in [0.25, 0.3) is 6.08 Å². The van der Waals surface area contributed by atoms with Crippen LogP contribution in [0.1, 0.15) is 11.1 Å². The fraction of sp³-hybridized carbons (Fsp3) is 0.0417. The predicted octanol–water partition coefficient (Wildman–Crippen LogP) is 5.14. The minimum absolute atomic E-state index is 0.0595. The number of hydrogen-bond acceptors (Lipinski definition) is 4. The minimum Gasteiger partial charge on any atom is -0.488 e. The third-order valence-electron chi connectivity index (χ3n) is 4.81. The molecule has 1 N–H and O–H groups in total. The van der Waals surface area contributed by atoms with Gasteiger partial charge in [-0.25, -0.2) is 13.7 Å². The highest BCUT2D eigenvalue weighted by molar-refractivity contribution is 9.10. The molecule has 3 aromatic rings. The van der Waals surface area contributed by atoms with E-state index in [9.17, 15) is 18.4 Å². The Morgan fingerprint density at radius 1 is 1.00 bits per heavy atom. The van der Waals surface area contributed by atoms with Crippen LogP contribution in [-0.4, -0.2) is 16.9 Å². The van der Waals surface area contributed by atoms with Crippen LogP contribution in [0.3, 0.4) is 0 Å². The quantitative estimate of drug-likeness (QED) is 0.283. The Morgan fingerprint density at radius 2 is 1.70 bits per heavy atom. The number of benzene rings is 3. The molecule has 0 unspecified atom stereocenters. The molecule has 5 nitrogen and oxygen atoms in total. The Labute approximate surface area is 201 Å². The number of rotatable bonds is 5. The molecule has 1 aliphatic rings. The van der Waals surface area contributed by atoms with Crippen molar-refractivity contribution < 1.29 is 23.1 Å². The van der Waals surface area contributed by atoms with Crippen molar-refractivity contribution in [2.24, 2.45) is 0 Å². The molecule has 0 aliphatic carbocycles. The van der Waals surface area contributed by atoms with Crippen molar-refractivity contribution in [2.75, 3.05) is 4.90 Å². The Bertz CT molecular complexity index is 1310. The summed E-state index contributed by atoms with van der Waals surface area (Å²) in [6.07, 6.45) is 1.33. The highest BCUT2D eigenvalue weighted by atomic mass is 79.9. The van der Waals surface area contributed by atoms with Crippen LogP contribution in [0.15, 0.2) is 76.8 Å². The third kappa shape index (κ3) is 4.84. The number of nitrogens with one attached hydrogen (secondary N) is 1. The number of hydrogen-bond donors (Lipinski definition) is 1. The summed E-state index contributed by atoms with van der Waals surface area (Å²) >= 11 is 8.46. The molecule has 0 bridgehead atoms. The molecule has 1 aliphatic heterocycles. The van der Waals surface area contributed by atoms with Crippen molar-refractivity contribution in [2.45, 2.75) is 6.61 Å². The van der Waals surface area contributed by atoms with E-state index in [4.69, 9.17) is 17.0 Å². The first-order valence-electron chi connectivity index (χ1n) is 9.67. The monoisotopic (exact) mass is 528 g/mol. The summed E-state index contributed by atoms with van der Waals surface area (Å²) in [7, 11) is 0. The lowest BCUT2D eigenvalue weighted by Crippen LogP contribution is -2.54. The molecule has 0 saturated carbocycles. The standard InChI is InChI=1S/C24H15BrF2N2O3S/c25-16-9-10-21(32-13-14-5-1-2-6-18(14)26)15(11-16)12-17-22(30)28-24(33)29(23(17)31)20-8-4-3-7-19(20)27/h1-12H,13H2,(H,28,30,33)/b17-12+. The fourth-order valence-electron chi connectivity index (χ4n) is 3.20. The zero-order valence-corrected chi connectivity index (χ0v) is 19.3. The molecule has 4 rings (SSSR count). The van der Waals surface area contributed by atoms with Gasteiger partial charge in [-0.15, -0.1) is 0 Å². The van der Waals surface area contributed by atoms with Gasteiger partial charge in [0.05, 0.1) is 5.69 Å². The van der Waals surface area contributed by atoms with E-state index in [1.165, 1.54) is 30.3 Å². The average molecular weight is 529 g/mol. The van der Waals surface area contributed by atoms with Gasteiger partial charge in [-0.2, -0.15) is 0 Å². The van der Waals surface area contributed by atoms with Gasteiger partial charge in [-0.05, 0) is 54.7 Å². The van der Waals surface area contributed by atoms with Crippen LogP contribution < -0.4 is 15.0 Å². The normalized spacial score (nSPS) is 15.1. The van der Waals surface area contributed by atoms with Gasteiger partial charge < -0.3 is 4.74 Å². The summed E-state index contributed by atoms with van der Waals surface area (Å²) in [5.74, 6) is -2.27. The van der Waals surface area contributed by atoms with E-state index in [1.807, 2.05) is 0 Å². The zero-order valence-electron chi connectivity index (χ0n) is 16.8. The minimum atomic E-state index is -0.783. The lowest BCUT2D eigenvalue weighted by Gasteiger charge is -2.29. The smallest absolute Gasteiger partial charge is 0.270 e. The molecule has 0 atom stereocenters. The van der Waals surface area contributed by atoms with Crippen LogP contribution in [0.4, 0.5) is 14.5 Å². The molecule has 0 spiro atoms. The molecule has 1 fully saturated rings. The summed E-state index contributed by atoms with van der Waals surface area (Å²) in [6, 6.07) is 16.8. The van der Waals surface area contributed by atoms with Crippen molar-refractivity contribution in [1.82, 2.24) is 5.32 Å². The van der Waals surface area contributed by atoms with Gasteiger partial charge in [0, 0.05) is 15.6 Å². The van der Waals surface area contributed by atoms with E-state index >= 15 is 0 Å². The van der Waals surface area contributed by atoms with E-state index in [0.29, 0.717) is 21.3 Å². The van der Waals surface area contributed by atoms with Gasteiger partial charge in [0.25, 0.3) is 11.8 Å². The van der Waals surface area contributed by atoms with Crippen molar-refractivity contribution in [3.8, 4) is 5.75 Å². The highest BCUT2D eigenvalue weighted by Gasteiger charge is 2.35. The topological polar surface area (TPSA) is 58.6 Å². The molecule has 0 radical (unpaired) electrons. The number of anilines is 1. The first-order chi connectivity index (χ1) is 15.8. The summed E-state index contributed by atoms with van der Waals surface area (Å²) in [5.41, 5.74) is 0.395. The molecule has 2 amide bonds. The maximum Gasteiger partial charge on any atom is 0.270 e. The molecule has 9 heteroatoms. The number of para-hydroxylation sites is 1. The summed E-state index contributed by atoms with van der Waals surface area (Å²) in [5, 5.41) is 2.19. The third-order valence-corrected chi connectivity index (χ3v) is 5.59. The fourth-order valence-corrected chi connectivity index (χ4v) is 3.85. The molecule has 3 aromatic carbocycles. The van der Waals surface area contributed by atoms with Crippen LogP contribution in [0, 0.1) is 11.6 Å². The van der Waals surface area contributed by atoms with E-state index in [-0.39, 0.29) is 23.0 Å². The molecular weight excluding hydrogens is 514 g/mol. The van der Waals surface area contributed by atoms with Crippen LogP contribution in [0.2, 0.25) is 0 Å². The van der Waals surface area contributed by atoms with Crippen LogP contribution >= 0.6 is 28.1 Å². The van der Waals surface area contributed by atoms with Gasteiger partial charge in [-0.1, -0.05) is 46.3 Å². The average Bonchev–Trinajstić information content (AvgIpc) is 2.78. The van der Waals surface area contributed by atoms with Crippen molar-refractivity contribution in [1.29, 1.82) is 0 Å². The SMILES string of the molecule is O=C1NC(=S)N(c2ccccc2F)C(=O)/C1=C/c1cc(Br)ccc1OCc1ccccc1F. The highest BCUT2D eigenvalue weighted by Crippen LogP contribution is 2.29. The van der Waals surface area contributed by atoms with Gasteiger partial charge in [0.2, 0.25) is 0 Å². The van der Waals surface area contributed by atoms with Crippen molar-refractivity contribution in [3.05, 3.63) is 99.5 Å². The second kappa shape index (κ2) is 9.60. The Hall–Kier alpha value is -3.43. The molecule has 1 saturated heterocycles. The van der Waals surface area contributed by atoms with E-state index in [0.717, 1.165) is 4.90 Å². The molecule has 33 heavy (non-hydrogen) atoms. The Morgan fingerprint density at radius 3 is 2.42 bits per heavy atom. The number of amides is 2. The molecule has 166 valence electrons. The zero-order chi connectivity index (χ0) is 23.5. The Balaban J connectivity index is 1.70. The van der Waals surface area contributed by atoms with Gasteiger partial charge in [0.15, 0.2) is 5.11 Å². The molecular formula is C24H15BrF2N2O3S. The Kier molecular flexibility index (Phi) is 6.62. The number of halogens is 3. The molecule has 0 aromatic heterocycles. The maximum atomic E-state index is 14.3. The number of nitrogens with zero attached hydrogens (tertiary/aromatic N) is 1. The number of carbonyl (C=O) groups excluding carboxylic acids is 2. The lowest BCUT2D eigenvalue weighted by atomic mass is 10.1. The number of thiocarbonyl (C=S) groups is 1. The van der Waals surface area contributed by atoms with Crippen LogP contribution in [-0.2, 0) is 16.2 Å². The molecule has 1 heterocycles. The summed E-state index contributed by atoms with van der Waals surface area (Å²) in [4.78, 5) is 26.7. The van der Waals surface area contributed by atoms with Crippen LogP contribution in [0.5, 0.6) is 5.75 Å². The lowest BCUT2D eigenvalue weighted by molar-refractivity contribution is -0.122. The second-order valence-electron chi connectivity index (χ2n) is 6.97. The van der Waals surface area contributed by atoms with Gasteiger partial charge in [0.1, 0.15) is 29.6 Å². The maximum absolute atomic E-state index is 14.3. The van der Waals surface area contributed by atoms with E-state index < -0.39 is 23.4 Å². The van der Waals surface area contributed by atoms with E-state index in [1.54, 1.807) is 42.5 Å². The van der Waals surface area contributed by atoms with Crippen molar-refractivity contribution in [3.63, 3.8) is 0 Å². The summed E-state index contributed by atoms with van der Waals surface area (Å²) in [6.45, 7) is -0.0595. The van der Waals surface area contributed by atoms with Gasteiger partial charge >= 0.3 is 0 Å². The van der Waals surface area contributed by atoms with Crippen molar-refractivity contribution >= 4 is 56.8 Å². The van der Waals surface area contributed by atoms with E-state index in [2.05, 4.69) is 21.2 Å². The second-order valence-corrected chi connectivity index (χ2v) is 8.27.